The number of hydrogen-bond donors (Lipinski definition) is 9. The number of carboxylic acids is 1. The monoisotopic (exact) mass is 685 g/mol. The molecule has 2 fully saturated rings. The van der Waals surface area contributed by atoms with Crippen LogP contribution in [0.1, 0.15) is 70.6 Å². The number of aliphatic carboxylic acids is 1. The Balaban J connectivity index is 2.21. The van der Waals surface area contributed by atoms with Gasteiger partial charge in [0, 0.05) is 18.8 Å². The summed E-state index contributed by atoms with van der Waals surface area (Å²) in [6.07, 6.45) is 3.66. The first-order valence-electron chi connectivity index (χ1n) is 16.2. The fourth-order valence-electron chi connectivity index (χ4n) is 5.79. The Morgan fingerprint density at radius 2 is 1.32 bits per heavy atom. The smallest absolute Gasteiger partial charge is 0.326 e. The fourth-order valence-corrected chi connectivity index (χ4v) is 5.96. The minimum atomic E-state index is -1.40. The van der Waals surface area contributed by atoms with E-state index in [4.69, 9.17) is 22.9 Å². The fraction of sp³-hybridized carbons (Fsp3) is 0.759. The van der Waals surface area contributed by atoms with Gasteiger partial charge in [0.25, 0.3) is 0 Å². The topological polar surface area (TPSA) is 286 Å². The maximum Gasteiger partial charge on any atom is 0.326 e. The number of nitrogens with zero attached hydrogens (tertiary/aromatic N) is 2. The van der Waals surface area contributed by atoms with Crippen molar-refractivity contribution in [3.8, 4) is 0 Å². The molecule has 0 radical (unpaired) electrons. The lowest BCUT2D eigenvalue weighted by Gasteiger charge is -2.33. The predicted molar refractivity (Wildman–Crippen MR) is 174 cm³/mol. The highest BCUT2D eigenvalue weighted by molar-refractivity contribution is 7.80. The van der Waals surface area contributed by atoms with Crippen molar-refractivity contribution in [3.05, 3.63) is 0 Å². The average Bonchev–Trinajstić information content (AvgIpc) is 3.73. The van der Waals surface area contributed by atoms with Crippen LogP contribution in [-0.4, -0.2) is 125 Å². The summed E-state index contributed by atoms with van der Waals surface area (Å²) in [5.74, 6) is -5.16. The zero-order valence-corrected chi connectivity index (χ0v) is 27.6. The van der Waals surface area contributed by atoms with E-state index in [1.54, 1.807) is 0 Å². The second kappa shape index (κ2) is 20.0. The van der Waals surface area contributed by atoms with Crippen LogP contribution in [0.25, 0.3) is 0 Å². The number of primary amides is 1. The van der Waals surface area contributed by atoms with E-state index in [1.807, 2.05) is 0 Å². The molecule has 2 rings (SSSR count). The molecule has 6 atom stereocenters. The van der Waals surface area contributed by atoms with Crippen molar-refractivity contribution in [3.63, 3.8) is 0 Å². The molecule has 0 spiro atoms. The third-order valence-corrected chi connectivity index (χ3v) is 8.75. The van der Waals surface area contributed by atoms with Crippen molar-refractivity contribution in [2.24, 2.45) is 22.9 Å². The molecule has 0 saturated carbocycles. The largest absolute Gasteiger partial charge is 0.480 e. The van der Waals surface area contributed by atoms with E-state index in [0.717, 1.165) is 0 Å². The maximum atomic E-state index is 13.9. The van der Waals surface area contributed by atoms with E-state index < -0.39 is 84.1 Å². The van der Waals surface area contributed by atoms with Gasteiger partial charge in [0.1, 0.15) is 30.2 Å². The van der Waals surface area contributed by atoms with E-state index >= 15 is 0 Å². The van der Waals surface area contributed by atoms with E-state index in [0.29, 0.717) is 64.5 Å². The number of unbranched alkanes of at least 4 members (excludes halogenated alkanes) is 2. The van der Waals surface area contributed by atoms with Crippen LogP contribution in [0.5, 0.6) is 0 Å². The van der Waals surface area contributed by atoms with E-state index in [1.165, 1.54) is 9.80 Å². The molecule has 0 unspecified atom stereocenters. The summed E-state index contributed by atoms with van der Waals surface area (Å²) in [4.78, 5) is 92.9. The van der Waals surface area contributed by atoms with E-state index in [2.05, 4.69) is 28.6 Å². The summed E-state index contributed by atoms with van der Waals surface area (Å²) >= 11 is 3.97. The van der Waals surface area contributed by atoms with Crippen molar-refractivity contribution in [1.82, 2.24) is 25.8 Å². The second-order valence-corrected chi connectivity index (χ2v) is 12.3. The number of rotatable bonds is 20. The Bertz CT molecular complexity index is 1130. The third kappa shape index (κ3) is 11.9. The first-order chi connectivity index (χ1) is 22.4. The molecule has 0 aromatic heterocycles. The molecule has 0 aliphatic carbocycles. The van der Waals surface area contributed by atoms with Crippen LogP contribution in [0, 0.1) is 0 Å². The van der Waals surface area contributed by atoms with Crippen molar-refractivity contribution in [2.45, 2.75) is 107 Å². The highest BCUT2D eigenvalue weighted by Gasteiger charge is 2.44. The SMILES string of the molecule is NCCCC[C@H](NC(=O)[C@@H]1CCCN1C(=O)[C@@H]1CCCN1C(=O)[C@H](CCCCN)NC(=O)[C@H](CC(N)=O)NC(=O)[C@@H](N)CS)C(=O)O. The second-order valence-electron chi connectivity index (χ2n) is 11.9. The number of hydrogen-bond acceptors (Lipinski definition) is 11. The molecule has 47 heavy (non-hydrogen) atoms. The van der Waals surface area contributed by atoms with Crippen LogP contribution in [0.4, 0.5) is 0 Å². The third-order valence-electron chi connectivity index (χ3n) is 8.35. The Kier molecular flexibility index (Phi) is 16.9. The first kappa shape index (κ1) is 39.7. The molecule has 0 aromatic rings. The normalized spacial score (nSPS) is 20.2. The molecule has 2 aliphatic heterocycles. The van der Waals surface area contributed by atoms with Gasteiger partial charge >= 0.3 is 5.97 Å². The number of carbonyl (C=O) groups is 7. The molecule has 2 heterocycles. The molecular formula is C29H51N9O8S. The molecule has 18 heteroatoms. The molecular weight excluding hydrogens is 634 g/mol. The highest BCUT2D eigenvalue weighted by Crippen LogP contribution is 2.26. The summed E-state index contributed by atoms with van der Waals surface area (Å²) in [5, 5.41) is 17.2. The zero-order valence-electron chi connectivity index (χ0n) is 26.7. The molecule has 12 N–H and O–H groups in total. The van der Waals surface area contributed by atoms with Crippen LogP contribution >= 0.6 is 12.6 Å². The van der Waals surface area contributed by atoms with Gasteiger partial charge in [0.2, 0.25) is 35.4 Å². The summed E-state index contributed by atoms with van der Waals surface area (Å²) in [5.41, 5.74) is 22.1. The minimum absolute atomic E-state index is 0.0181. The number of nitrogens with two attached hydrogens (primary N) is 4. The zero-order chi connectivity index (χ0) is 35.1. The number of nitrogens with one attached hydrogen (secondary N) is 3. The van der Waals surface area contributed by atoms with E-state index in [9.17, 15) is 38.7 Å². The summed E-state index contributed by atoms with van der Waals surface area (Å²) in [6, 6.07) is -6.48. The van der Waals surface area contributed by atoms with Crippen LogP contribution in [-0.2, 0) is 33.6 Å². The summed E-state index contributed by atoms with van der Waals surface area (Å²) in [6.45, 7) is 1.23. The van der Waals surface area contributed by atoms with E-state index in [-0.39, 0.29) is 31.7 Å². The molecule has 2 saturated heterocycles. The Morgan fingerprint density at radius 3 is 1.87 bits per heavy atom. The van der Waals surface area contributed by atoms with Gasteiger partial charge in [-0.15, -0.1) is 0 Å². The van der Waals surface area contributed by atoms with Gasteiger partial charge in [-0.2, -0.15) is 12.6 Å². The Labute approximate surface area is 280 Å². The molecule has 0 bridgehead atoms. The van der Waals surface area contributed by atoms with Gasteiger partial charge in [-0.3, -0.25) is 28.8 Å². The van der Waals surface area contributed by atoms with Gasteiger partial charge in [-0.1, -0.05) is 0 Å². The molecule has 0 aromatic carbocycles. The van der Waals surface area contributed by atoms with Crippen LogP contribution < -0.4 is 38.9 Å². The number of likely N-dealkylation sites (tertiary alicyclic amines) is 2. The number of carboxylic acid groups (broad SMARTS) is 1. The van der Waals surface area contributed by atoms with Gasteiger partial charge in [0.05, 0.1) is 12.5 Å². The number of thiol groups is 1. The highest BCUT2D eigenvalue weighted by atomic mass is 32.1. The predicted octanol–water partition coefficient (Wildman–Crippen LogP) is -3.10. The van der Waals surface area contributed by atoms with Gasteiger partial charge in [-0.05, 0) is 77.3 Å². The number of carbonyl (C=O) groups excluding carboxylic acids is 6. The average molecular weight is 686 g/mol. The van der Waals surface area contributed by atoms with Gasteiger partial charge < -0.3 is 53.8 Å². The van der Waals surface area contributed by atoms with Crippen molar-refractivity contribution < 1.29 is 38.7 Å². The molecule has 17 nitrogen and oxygen atoms in total. The van der Waals surface area contributed by atoms with Crippen LogP contribution in [0.15, 0.2) is 0 Å². The lowest BCUT2D eigenvalue weighted by atomic mass is 10.0. The quantitative estimate of drug-likeness (QED) is 0.0457. The van der Waals surface area contributed by atoms with Crippen molar-refractivity contribution in [1.29, 1.82) is 0 Å². The summed E-state index contributed by atoms with van der Waals surface area (Å²) < 4.78 is 0. The van der Waals surface area contributed by atoms with Crippen molar-refractivity contribution >= 4 is 54.0 Å². The Hall–Kier alpha value is -3.48. The lowest BCUT2D eigenvalue weighted by Crippen LogP contribution is -2.59. The lowest BCUT2D eigenvalue weighted by molar-refractivity contribution is -0.149. The standard InChI is InChI=1S/C29H51N9O8S/c30-11-3-1-7-18(34-25(41)20(15-23(33)39)36-24(40)17(32)16-47)27(43)38-14-6-10-22(38)28(44)37-13-5-9-21(37)26(42)35-19(29(45)46)8-2-4-12-31/h17-22,47H,1-16,30-32H2,(H2,33,39)(H,34,41)(H,35,42)(H,36,40)(H,45,46)/t17-,18-,19-,20-,21-,22-/m0/s1. The van der Waals surface area contributed by atoms with Gasteiger partial charge in [-0.25, -0.2) is 4.79 Å². The van der Waals surface area contributed by atoms with Crippen LogP contribution in [0.3, 0.4) is 0 Å². The molecule has 2 aliphatic rings. The Morgan fingerprint density at radius 1 is 0.766 bits per heavy atom. The molecule has 6 amide bonds. The first-order valence-corrected chi connectivity index (χ1v) is 16.8. The van der Waals surface area contributed by atoms with Gasteiger partial charge in [0.15, 0.2) is 0 Å². The molecule has 266 valence electrons. The van der Waals surface area contributed by atoms with Crippen molar-refractivity contribution in [2.75, 3.05) is 31.9 Å². The van der Waals surface area contributed by atoms with Crippen LogP contribution in [0.2, 0.25) is 0 Å². The maximum absolute atomic E-state index is 13.9. The minimum Gasteiger partial charge on any atom is -0.480 e. The summed E-state index contributed by atoms with van der Waals surface area (Å²) in [7, 11) is 0. The number of amides is 6.